The van der Waals surface area contributed by atoms with Gasteiger partial charge in [0, 0.05) is 13.1 Å². The van der Waals surface area contributed by atoms with E-state index in [1.807, 2.05) is 13.8 Å². The van der Waals surface area contributed by atoms with E-state index in [1.54, 1.807) is 18.9 Å². The fraction of sp³-hybridized carbons (Fsp3) is 0.636. The molecule has 0 aliphatic carbocycles. The molecule has 0 aromatic carbocycles. The first-order valence-corrected chi connectivity index (χ1v) is 5.97. The molecule has 1 rings (SSSR count). The summed E-state index contributed by atoms with van der Waals surface area (Å²) >= 11 is 0. The molecule has 1 aromatic rings. The summed E-state index contributed by atoms with van der Waals surface area (Å²) in [4.78, 5) is 23.6. The minimum atomic E-state index is -0.511. The molecule has 0 fully saturated rings. The summed E-state index contributed by atoms with van der Waals surface area (Å²) in [5.41, 5.74) is -0.125. The smallest absolute Gasteiger partial charge is 0.330 e. The molecule has 0 bridgehead atoms. The highest BCUT2D eigenvalue weighted by molar-refractivity contribution is 5.76. The highest BCUT2D eigenvalue weighted by Gasteiger charge is 2.27. The van der Waals surface area contributed by atoms with Gasteiger partial charge in [-0.3, -0.25) is 19.6 Å². The van der Waals surface area contributed by atoms with Gasteiger partial charge in [-0.2, -0.15) is 0 Å². The van der Waals surface area contributed by atoms with Crippen molar-refractivity contribution >= 4 is 17.5 Å². The summed E-state index contributed by atoms with van der Waals surface area (Å²) < 4.78 is 6.22. The van der Waals surface area contributed by atoms with Crippen molar-refractivity contribution in [3.05, 3.63) is 16.3 Å². The lowest BCUT2D eigenvalue weighted by Gasteiger charge is -2.24. The van der Waals surface area contributed by atoms with E-state index in [2.05, 4.69) is 5.10 Å². The standard InChI is InChI=1S/C11H18N4O4/c1-5-19-10(16)7-14(8(2)3)11-9(15(17)18)6-13(4)12-11/h6,8H,5,7H2,1-4H3. The zero-order valence-corrected chi connectivity index (χ0v) is 11.5. The maximum Gasteiger partial charge on any atom is 0.330 e. The SMILES string of the molecule is CCOC(=O)CN(c1nn(C)cc1[N+](=O)[O-])C(C)C. The number of anilines is 1. The number of nitro groups is 1. The zero-order valence-electron chi connectivity index (χ0n) is 11.5. The number of nitrogens with zero attached hydrogens (tertiary/aromatic N) is 4. The van der Waals surface area contributed by atoms with Crippen molar-refractivity contribution in [1.29, 1.82) is 0 Å². The van der Waals surface area contributed by atoms with Gasteiger partial charge in [0.2, 0.25) is 5.82 Å². The lowest BCUT2D eigenvalue weighted by atomic mass is 10.3. The molecule has 0 amide bonds. The molecule has 0 spiro atoms. The highest BCUT2D eigenvalue weighted by Crippen LogP contribution is 2.27. The van der Waals surface area contributed by atoms with E-state index in [-0.39, 0.29) is 30.7 Å². The molecule has 0 atom stereocenters. The maximum atomic E-state index is 11.6. The van der Waals surface area contributed by atoms with Crippen LogP contribution in [0.15, 0.2) is 6.20 Å². The second-order valence-electron chi connectivity index (χ2n) is 4.30. The van der Waals surface area contributed by atoms with Crippen LogP contribution in [0.3, 0.4) is 0 Å². The average Bonchev–Trinajstić information content (AvgIpc) is 2.68. The first kappa shape index (κ1) is 14.9. The number of ether oxygens (including phenoxy) is 1. The molecule has 1 aromatic heterocycles. The Bertz CT molecular complexity index is 469. The largest absolute Gasteiger partial charge is 0.465 e. The van der Waals surface area contributed by atoms with Crippen LogP contribution in [-0.2, 0) is 16.6 Å². The molecule has 1 heterocycles. The fourth-order valence-corrected chi connectivity index (χ4v) is 1.65. The average molecular weight is 270 g/mol. The molecule has 8 nitrogen and oxygen atoms in total. The van der Waals surface area contributed by atoms with Gasteiger partial charge >= 0.3 is 11.7 Å². The van der Waals surface area contributed by atoms with Gasteiger partial charge in [0.05, 0.1) is 11.5 Å². The lowest BCUT2D eigenvalue weighted by molar-refractivity contribution is -0.384. The summed E-state index contributed by atoms with van der Waals surface area (Å²) in [5, 5.41) is 15.0. The van der Waals surface area contributed by atoms with Crippen molar-refractivity contribution in [3.63, 3.8) is 0 Å². The van der Waals surface area contributed by atoms with Gasteiger partial charge in [0.25, 0.3) is 0 Å². The molecule has 0 saturated heterocycles. The van der Waals surface area contributed by atoms with E-state index < -0.39 is 10.9 Å². The number of aryl methyl sites for hydroxylation is 1. The number of hydrogen-bond donors (Lipinski definition) is 0. The summed E-state index contributed by atoms with van der Waals surface area (Å²) in [6.45, 7) is 5.58. The first-order chi connectivity index (χ1) is 8.86. The number of hydrogen-bond acceptors (Lipinski definition) is 6. The Kier molecular flexibility index (Phi) is 4.85. The highest BCUT2D eigenvalue weighted by atomic mass is 16.6. The minimum absolute atomic E-state index is 0.0661. The van der Waals surface area contributed by atoms with Crippen molar-refractivity contribution in [2.75, 3.05) is 18.1 Å². The van der Waals surface area contributed by atoms with Gasteiger partial charge < -0.3 is 9.64 Å². The van der Waals surface area contributed by atoms with Crippen LogP contribution in [0.2, 0.25) is 0 Å². The van der Waals surface area contributed by atoms with Crippen LogP contribution in [0.5, 0.6) is 0 Å². The third kappa shape index (κ3) is 3.67. The second-order valence-corrected chi connectivity index (χ2v) is 4.30. The minimum Gasteiger partial charge on any atom is -0.465 e. The van der Waals surface area contributed by atoms with Crippen LogP contribution in [0.25, 0.3) is 0 Å². The van der Waals surface area contributed by atoms with Crippen molar-refractivity contribution in [2.45, 2.75) is 26.8 Å². The second kappa shape index (κ2) is 6.17. The van der Waals surface area contributed by atoms with Crippen LogP contribution in [-0.4, -0.2) is 39.9 Å². The van der Waals surface area contributed by atoms with Crippen LogP contribution < -0.4 is 4.90 Å². The summed E-state index contributed by atoms with van der Waals surface area (Å²) in [7, 11) is 1.60. The molecule has 0 unspecified atom stereocenters. The monoisotopic (exact) mass is 270 g/mol. The molecular formula is C11H18N4O4. The first-order valence-electron chi connectivity index (χ1n) is 5.97. The Morgan fingerprint density at radius 1 is 1.63 bits per heavy atom. The van der Waals surface area contributed by atoms with Crippen LogP contribution in [0, 0.1) is 10.1 Å². The van der Waals surface area contributed by atoms with Crippen LogP contribution in [0.4, 0.5) is 11.5 Å². The number of rotatable bonds is 6. The quantitative estimate of drug-likeness (QED) is 0.437. The molecule has 0 aliphatic heterocycles. The molecular weight excluding hydrogens is 252 g/mol. The molecule has 0 radical (unpaired) electrons. The van der Waals surface area contributed by atoms with E-state index in [0.717, 1.165) is 0 Å². The van der Waals surface area contributed by atoms with E-state index in [1.165, 1.54) is 10.9 Å². The van der Waals surface area contributed by atoms with Crippen molar-refractivity contribution in [1.82, 2.24) is 9.78 Å². The molecule has 19 heavy (non-hydrogen) atoms. The Balaban J connectivity index is 3.05. The third-order valence-electron chi connectivity index (χ3n) is 2.49. The van der Waals surface area contributed by atoms with E-state index in [4.69, 9.17) is 4.74 Å². The Hall–Kier alpha value is -2.12. The zero-order chi connectivity index (χ0) is 14.6. The van der Waals surface area contributed by atoms with Crippen molar-refractivity contribution < 1.29 is 14.5 Å². The van der Waals surface area contributed by atoms with Crippen molar-refractivity contribution in [3.8, 4) is 0 Å². The number of aromatic nitrogens is 2. The number of carbonyl (C=O) groups is 1. The summed E-state index contributed by atoms with van der Waals surface area (Å²) in [6, 6.07) is -0.113. The predicted octanol–water partition coefficient (Wildman–Crippen LogP) is 1.11. The molecule has 0 N–H and O–H groups in total. The lowest BCUT2D eigenvalue weighted by Crippen LogP contribution is -2.37. The van der Waals surface area contributed by atoms with Crippen LogP contribution >= 0.6 is 0 Å². The molecule has 8 heteroatoms. The van der Waals surface area contributed by atoms with Gasteiger partial charge in [0.1, 0.15) is 12.7 Å². The van der Waals surface area contributed by atoms with E-state index >= 15 is 0 Å². The molecule has 0 saturated carbocycles. The Morgan fingerprint density at radius 3 is 2.74 bits per heavy atom. The van der Waals surface area contributed by atoms with Gasteiger partial charge in [-0.1, -0.05) is 0 Å². The summed E-state index contributed by atoms with van der Waals surface area (Å²) in [6.07, 6.45) is 1.32. The van der Waals surface area contributed by atoms with Crippen LogP contribution in [0.1, 0.15) is 20.8 Å². The van der Waals surface area contributed by atoms with Gasteiger partial charge in [-0.15, -0.1) is 5.10 Å². The molecule has 106 valence electrons. The molecule has 0 aliphatic rings. The number of esters is 1. The fourth-order valence-electron chi connectivity index (χ4n) is 1.65. The number of carbonyl (C=O) groups excluding carboxylic acids is 1. The van der Waals surface area contributed by atoms with Gasteiger partial charge in [0.15, 0.2) is 0 Å². The third-order valence-corrected chi connectivity index (χ3v) is 2.49. The predicted molar refractivity (Wildman–Crippen MR) is 69.0 cm³/mol. The van der Waals surface area contributed by atoms with E-state index in [9.17, 15) is 14.9 Å². The van der Waals surface area contributed by atoms with Gasteiger partial charge in [-0.25, -0.2) is 0 Å². The Labute approximate surface area is 111 Å². The normalized spacial score (nSPS) is 10.6. The van der Waals surface area contributed by atoms with E-state index in [0.29, 0.717) is 0 Å². The Morgan fingerprint density at radius 2 is 2.26 bits per heavy atom. The maximum absolute atomic E-state index is 11.6. The topological polar surface area (TPSA) is 90.5 Å². The van der Waals surface area contributed by atoms with Gasteiger partial charge in [-0.05, 0) is 20.8 Å². The summed E-state index contributed by atoms with van der Waals surface area (Å²) in [5.74, 6) is -0.258. The van der Waals surface area contributed by atoms with Crippen molar-refractivity contribution in [2.24, 2.45) is 7.05 Å².